The van der Waals surface area contributed by atoms with Gasteiger partial charge in [0.05, 0.1) is 0 Å². The van der Waals surface area contributed by atoms with E-state index < -0.39 is 6.09 Å². The van der Waals surface area contributed by atoms with Crippen LogP contribution in [0.1, 0.15) is 26.2 Å². The Kier molecular flexibility index (Phi) is 3.55. The molecule has 6 heteroatoms. The zero-order valence-electron chi connectivity index (χ0n) is 14.0. The quantitative estimate of drug-likeness (QED) is 0.848. The topological polar surface area (TPSA) is 64.1 Å². The van der Waals surface area contributed by atoms with Crippen LogP contribution in [0.2, 0.25) is 0 Å². The van der Waals surface area contributed by atoms with Gasteiger partial charge < -0.3 is 14.9 Å². The molecule has 0 aromatic carbocycles. The van der Waals surface area contributed by atoms with Gasteiger partial charge >= 0.3 is 6.09 Å². The highest BCUT2D eigenvalue weighted by Gasteiger charge is 2.61. The molecule has 0 radical (unpaired) electrons. The summed E-state index contributed by atoms with van der Waals surface area (Å²) < 4.78 is 0. The van der Waals surface area contributed by atoms with Crippen LogP contribution in [0.4, 0.5) is 4.79 Å². The fourth-order valence-electron chi connectivity index (χ4n) is 5.37. The van der Waals surface area contributed by atoms with Gasteiger partial charge in [0, 0.05) is 51.2 Å². The van der Waals surface area contributed by atoms with Gasteiger partial charge in [0.15, 0.2) is 0 Å². The minimum absolute atomic E-state index is 0.211. The van der Waals surface area contributed by atoms with Crippen molar-refractivity contribution in [1.29, 1.82) is 0 Å². The highest BCUT2D eigenvalue weighted by Crippen LogP contribution is 2.54. The van der Waals surface area contributed by atoms with Crippen molar-refractivity contribution in [3.63, 3.8) is 0 Å². The molecule has 2 amide bonds. The molecule has 6 atom stereocenters. The third kappa shape index (κ3) is 2.33. The van der Waals surface area contributed by atoms with E-state index in [1.165, 1.54) is 0 Å². The van der Waals surface area contributed by atoms with Gasteiger partial charge in [-0.05, 0) is 43.9 Å². The summed E-state index contributed by atoms with van der Waals surface area (Å²) in [5, 5.41) is 9.30. The highest BCUT2D eigenvalue weighted by atomic mass is 16.4. The maximum absolute atomic E-state index is 12.3. The monoisotopic (exact) mass is 321 g/mol. The first-order valence-electron chi connectivity index (χ1n) is 8.99. The summed E-state index contributed by atoms with van der Waals surface area (Å²) in [7, 11) is 1.90. The maximum Gasteiger partial charge on any atom is 0.407 e. The predicted molar refractivity (Wildman–Crippen MR) is 85.0 cm³/mol. The molecule has 5 aliphatic rings. The fourth-order valence-corrected chi connectivity index (χ4v) is 5.37. The molecule has 5 rings (SSSR count). The number of hydrogen-bond donors (Lipinski definition) is 1. The van der Waals surface area contributed by atoms with E-state index in [1.54, 1.807) is 4.90 Å². The third-order valence-electron chi connectivity index (χ3n) is 6.87. The predicted octanol–water partition coefficient (Wildman–Crippen LogP) is 1.17. The van der Waals surface area contributed by atoms with Crippen molar-refractivity contribution < 1.29 is 14.7 Å². The van der Waals surface area contributed by atoms with Crippen LogP contribution in [0, 0.1) is 23.7 Å². The van der Waals surface area contributed by atoms with Crippen molar-refractivity contribution in [1.82, 2.24) is 14.7 Å². The summed E-state index contributed by atoms with van der Waals surface area (Å²) in [6.07, 6.45) is 2.42. The Morgan fingerprint density at radius 2 is 1.87 bits per heavy atom. The minimum atomic E-state index is -0.754. The van der Waals surface area contributed by atoms with Gasteiger partial charge in [-0.2, -0.15) is 0 Å². The first kappa shape index (κ1) is 15.2. The molecule has 23 heavy (non-hydrogen) atoms. The molecular formula is C17H27N3O3. The zero-order chi connectivity index (χ0) is 16.3. The van der Waals surface area contributed by atoms with Crippen LogP contribution in [-0.2, 0) is 4.79 Å². The number of carbonyl (C=O) groups excluding carboxylic acids is 1. The largest absolute Gasteiger partial charge is 0.465 e. The number of rotatable bonds is 3. The van der Waals surface area contributed by atoms with E-state index in [0.29, 0.717) is 36.2 Å². The van der Waals surface area contributed by atoms with Crippen molar-refractivity contribution in [3.8, 4) is 0 Å². The number of likely N-dealkylation sites (tertiary alicyclic amines) is 1. The Morgan fingerprint density at radius 1 is 1.17 bits per heavy atom. The van der Waals surface area contributed by atoms with Crippen molar-refractivity contribution in [2.45, 2.75) is 38.3 Å². The molecular weight excluding hydrogens is 294 g/mol. The van der Waals surface area contributed by atoms with Crippen LogP contribution >= 0.6 is 0 Å². The summed E-state index contributed by atoms with van der Waals surface area (Å²) in [6, 6.07) is 0.750. The molecule has 2 bridgehead atoms. The maximum atomic E-state index is 12.3. The fraction of sp³-hybridized carbons (Fsp3) is 0.882. The average molecular weight is 321 g/mol. The second-order valence-electron chi connectivity index (χ2n) is 7.89. The first-order chi connectivity index (χ1) is 11.0. The van der Waals surface area contributed by atoms with E-state index in [9.17, 15) is 14.7 Å². The molecule has 3 heterocycles. The Morgan fingerprint density at radius 3 is 2.39 bits per heavy atom. The van der Waals surface area contributed by atoms with E-state index in [2.05, 4.69) is 4.90 Å². The first-order valence-corrected chi connectivity index (χ1v) is 8.99. The van der Waals surface area contributed by atoms with E-state index in [4.69, 9.17) is 0 Å². The lowest BCUT2D eigenvalue weighted by molar-refractivity contribution is -0.132. The molecule has 0 aromatic rings. The Hall–Kier alpha value is -1.30. The molecule has 2 saturated carbocycles. The summed E-state index contributed by atoms with van der Waals surface area (Å²) >= 11 is 0. The summed E-state index contributed by atoms with van der Waals surface area (Å²) in [5.74, 6) is 2.16. The van der Waals surface area contributed by atoms with Crippen LogP contribution in [0.3, 0.4) is 0 Å². The van der Waals surface area contributed by atoms with Crippen molar-refractivity contribution >= 4 is 12.0 Å². The molecule has 1 N–H and O–H groups in total. The second kappa shape index (κ2) is 5.36. The molecule has 0 aromatic heterocycles. The lowest BCUT2D eigenvalue weighted by atomic mass is 9.75. The number of nitrogens with zero attached hydrogens (tertiary/aromatic N) is 3. The number of piperidine rings is 3. The van der Waals surface area contributed by atoms with Crippen LogP contribution in [0.15, 0.2) is 0 Å². The van der Waals surface area contributed by atoms with E-state index in [1.807, 2.05) is 18.9 Å². The number of amides is 2. The van der Waals surface area contributed by atoms with Crippen molar-refractivity contribution in [2.24, 2.45) is 23.7 Å². The van der Waals surface area contributed by atoms with Gasteiger partial charge in [0.1, 0.15) is 0 Å². The van der Waals surface area contributed by atoms with Crippen LogP contribution in [0.25, 0.3) is 0 Å². The molecule has 3 aliphatic heterocycles. The summed E-state index contributed by atoms with van der Waals surface area (Å²) in [6.45, 7) is 5.60. The molecule has 128 valence electrons. The van der Waals surface area contributed by atoms with Crippen LogP contribution < -0.4 is 0 Å². The zero-order valence-corrected chi connectivity index (χ0v) is 14.0. The molecule has 1 unspecified atom stereocenters. The third-order valence-corrected chi connectivity index (χ3v) is 6.87. The van der Waals surface area contributed by atoms with Gasteiger partial charge in [-0.25, -0.2) is 4.79 Å². The SMILES string of the molecule is CCN(C)C(=O)[C@@H]1[C@@H]2CN(C3C[C@H]4CC[C@@H]3CN4C(=O)O)C[C@@H]21. The normalized spacial score (nSPS) is 41.7. The Labute approximate surface area is 137 Å². The van der Waals surface area contributed by atoms with Crippen LogP contribution in [-0.4, -0.2) is 77.1 Å². The standard InChI is InChI=1S/C17H27N3O3/c1-3-18(2)16(21)15-12-8-19(9-13(12)15)14-6-11-5-4-10(14)7-20(11)17(22)23/h10-15H,3-9H2,1-2H3,(H,22,23)/t10-,11-,12-,13+,14?,15-/m1/s1. The van der Waals surface area contributed by atoms with Gasteiger partial charge in [-0.1, -0.05) is 0 Å². The van der Waals surface area contributed by atoms with Gasteiger partial charge in [-0.15, -0.1) is 0 Å². The second-order valence-corrected chi connectivity index (χ2v) is 7.89. The Balaban J connectivity index is 1.35. The van der Waals surface area contributed by atoms with Gasteiger partial charge in [-0.3, -0.25) is 9.69 Å². The molecule has 6 nitrogen and oxygen atoms in total. The lowest BCUT2D eigenvalue weighted by Crippen LogP contribution is -2.60. The molecule has 0 spiro atoms. The Bertz CT molecular complexity index is 513. The van der Waals surface area contributed by atoms with Crippen molar-refractivity contribution in [3.05, 3.63) is 0 Å². The minimum Gasteiger partial charge on any atom is -0.465 e. The number of carbonyl (C=O) groups is 2. The number of hydrogen-bond acceptors (Lipinski definition) is 3. The van der Waals surface area contributed by atoms with Gasteiger partial charge in [0.25, 0.3) is 0 Å². The number of carboxylic acid groups (broad SMARTS) is 1. The van der Waals surface area contributed by atoms with E-state index in [-0.39, 0.29) is 12.0 Å². The summed E-state index contributed by atoms with van der Waals surface area (Å²) in [5.41, 5.74) is 0. The van der Waals surface area contributed by atoms with E-state index in [0.717, 1.165) is 38.9 Å². The van der Waals surface area contributed by atoms with Gasteiger partial charge in [0.2, 0.25) is 5.91 Å². The van der Waals surface area contributed by atoms with E-state index >= 15 is 0 Å². The smallest absolute Gasteiger partial charge is 0.407 e. The molecule has 5 fully saturated rings. The van der Waals surface area contributed by atoms with Crippen LogP contribution in [0.5, 0.6) is 0 Å². The summed E-state index contributed by atoms with van der Waals surface area (Å²) in [4.78, 5) is 29.7. The highest BCUT2D eigenvalue weighted by molar-refractivity contribution is 5.82. The average Bonchev–Trinajstić information content (AvgIpc) is 3.06. The molecule has 3 saturated heterocycles. The van der Waals surface area contributed by atoms with Crippen molar-refractivity contribution in [2.75, 3.05) is 33.2 Å². The molecule has 2 aliphatic carbocycles. The number of fused-ring (bicyclic) bond motifs is 4. The lowest BCUT2D eigenvalue weighted by Gasteiger charge is -2.51.